The molecule has 0 N–H and O–H groups in total. The standard InChI is InChI=1S/C14H11Br2ClO2/c1-18-13-4-2-10(15)6-9(13)8-19-14-5-3-11(17)7-12(14)16/h2-7H,8H2,1H3. The van der Waals surface area contributed by atoms with Crippen molar-refractivity contribution in [3.8, 4) is 11.5 Å². The lowest BCUT2D eigenvalue weighted by Gasteiger charge is -2.12. The van der Waals surface area contributed by atoms with Crippen LogP contribution < -0.4 is 9.47 Å². The number of hydrogen-bond donors (Lipinski definition) is 0. The Morgan fingerprint density at radius 3 is 2.47 bits per heavy atom. The summed E-state index contributed by atoms with van der Waals surface area (Å²) >= 11 is 12.7. The zero-order valence-electron chi connectivity index (χ0n) is 10.1. The van der Waals surface area contributed by atoms with Crippen LogP contribution in [0.3, 0.4) is 0 Å². The summed E-state index contributed by atoms with van der Waals surface area (Å²) < 4.78 is 12.9. The molecule has 19 heavy (non-hydrogen) atoms. The topological polar surface area (TPSA) is 18.5 Å². The highest BCUT2D eigenvalue weighted by Crippen LogP contribution is 2.30. The summed E-state index contributed by atoms with van der Waals surface area (Å²) in [5, 5.41) is 0.666. The van der Waals surface area contributed by atoms with Crippen LogP contribution in [0.4, 0.5) is 0 Å². The second kappa shape index (κ2) is 6.64. The van der Waals surface area contributed by atoms with Gasteiger partial charge in [0.1, 0.15) is 18.1 Å². The summed E-state index contributed by atoms with van der Waals surface area (Å²) in [5.41, 5.74) is 0.971. The average molecular weight is 407 g/mol. The zero-order valence-corrected chi connectivity index (χ0v) is 14.0. The molecule has 0 fully saturated rings. The van der Waals surface area contributed by atoms with E-state index in [1.165, 1.54) is 0 Å². The van der Waals surface area contributed by atoms with Crippen LogP contribution in [0.1, 0.15) is 5.56 Å². The Bertz CT molecular complexity index is 588. The van der Waals surface area contributed by atoms with E-state index >= 15 is 0 Å². The number of methoxy groups -OCH3 is 1. The van der Waals surface area contributed by atoms with Gasteiger partial charge in [0, 0.05) is 15.1 Å². The van der Waals surface area contributed by atoms with Crippen LogP contribution in [0.15, 0.2) is 45.3 Å². The van der Waals surface area contributed by atoms with E-state index in [4.69, 9.17) is 21.1 Å². The van der Waals surface area contributed by atoms with Gasteiger partial charge < -0.3 is 9.47 Å². The molecule has 2 aromatic carbocycles. The van der Waals surface area contributed by atoms with E-state index in [1.807, 2.05) is 24.3 Å². The Hall–Kier alpha value is -0.710. The normalized spacial score (nSPS) is 10.3. The Morgan fingerprint density at radius 1 is 1.05 bits per heavy atom. The highest BCUT2D eigenvalue weighted by atomic mass is 79.9. The molecule has 0 amide bonds. The number of rotatable bonds is 4. The maximum Gasteiger partial charge on any atom is 0.134 e. The molecule has 0 heterocycles. The monoisotopic (exact) mass is 404 g/mol. The van der Waals surface area contributed by atoms with Crippen molar-refractivity contribution >= 4 is 43.5 Å². The molecule has 0 bridgehead atoms. The highest BCUT2D eigenvalue weighted by Gasteiger charge is 2.07. The van der Waals surface area contributed by atoms with Crippen molar-refractivity contribution in [3.05, 3.63) is 55.9 Å². The lowest BCUT2D eigenvalue weighted by atomic mass is 10.2. The van der Waals surface area contributed by atoms with Crippen LogP contribution in [-0.4, -0.2) is 7.11 Å². The zero-order chi connectivity index (χ0) is 13.8. The fourth-order valence-corrected chi connectivity index (χ4v) is 2.81. The smallest absolute Gasteiger partial charge is 0.134 e. The molecule has 0 aliphatic carbocycles. The number of hydrogen-bond acceptors (Lipinski definition) is 2. The molecule has 2 aromatic rings. The van der Waals surface area contributed by atoms with Crippen molar-refractivity contribution in [1.82, 2.24) is 0 Å². The fourth-order valence-electron chi connectivity index (χ4n) is 1.61. The molecule has 2 nitrogen and oxygen atoms in total. The maximum absolute atomic E-state index is 5.89. The first-order valence-electron chi connectivity index (χ1n) is 5.50. The van der Waals surface area contributed by atoms with Crippen molar-refractivity contribution in [1.29, 1.82) is 0 Å². The van der Waals surface area contributed by atoms with Crippen molar-refractivity contribution in [3.63, 3.8) is 0 Å². The molecule has 2 rings (SSSR count). The number of benzene rings is 2. The quantitative estimate of drug-likeness (QED) is 0.672. The molecule has 0 aromatic heterocycles. The van der Waals surface area contributed by atoms with Crippen LogP contribution in [0.2, 0.25) is 5.02 Å². The third kappa shape index (κ3) is 3.88. The summed E-state index contributed by atoms with van der Waals surface area (Å²) in [6, 6.07) is 11.2. The molecule has 0 radical (unpaired) electrons. The van der Waals surface area contributed by atoms with Crippen molar-refractivity contribution in [2.75, 3.05) is 7.11 Å². The lowest BCUT2D eigenvalue weighted by molar-refractivity contribution is 0.295. The molecule has 0 aliphatic heterocycles. The lowest BCUT2D eigenvalue weighted by Crippen LogP contribution is -1.99. The maximum atomic E-state index is 5.89. The SMILES string of the molecule is COc1ccc(Br)cc1COc1ccc(Cl)cc1Br. The summed E-state index contributed by atoms with van der Waals surface area (Å²) in [6.07, 6.45) is 0. The first kappa shape index (κ1) is 14.7. The Morgan fingerprint density at radius 2 is 1.79 bits per heavy atom. The predicted octanol–water partition coefficient (Wildman–Crippen LogP) is 5.45. The van der Waals surface area contributed by atoms with Gasteiger partial charge in [0.05, 0.1) is 11.6 Å². The van der Waals surface area contributed by atoms with Gasteiger partial charge in [-0.05, 0) is 52.3 Å². The minimum absolute atomic E-state index is 0.419. The van der Waals surface area contributed by atoms with Crippen LogP contribution in [0.25, 0.3) is 0 Å². The second-order valence-electron chi connectivity index (χ2n) is 3.82. The molecule has 0 saturated carbocycles. The van der Waals surface area contributed by atoms with Crippen molar-refractivity contribution in [2.24, 2.45) is 0 Å². The molecule has 0 saturated heterocycles. The molecule has 0 spiro atoms. The van der Waals surface area contributed by atoms with Crippen LogP contribution >= 0.6 is 43.5 Å². The minimum atomic E-state index is 0.419. The average Bonchev–Trinajstić information content (AvgIpc) is 2.38. The summed E-state index contributed by atoms with van der Waals surface area (Å²) in [6.45, 7) is 0.419. The number of ether oxygens (including phenoxy) is 2. The van der Waals surface area contributed by atoms with Gasteiger partial charge in [-0.3, -0.25) is 0 Å². The van der Waals surface area contributed by atoms with Crippen LogP contribution in [0, 0.1) is 0 Å². The second-order valence-corrected chi connectivity index (χ2v) is 6.03. The summed E-state index contributed by atoms with van der Waals surface area (Å²) in [7, 11) is 1.64. The minimum Gasteiger partial charge on any atom is -0.496 e. The Labute approximate surface area is 133 Å². The summed E-state index contributed by atoms with van der Waals surface area (Å²) in [5.74, 6) is 1.54. The van der Waals surface area contributed by atoms with Gasteiger partial charge in [-0.1, -0.05) is 27.5 Å². The van der Waals surface area contributed by atoms with Gasteiger partial charge in [-0.15, -0.1) is 0 Å². The molecule has 0 unspecified atom stereocenters. The number of halogens is 3. The Kier molecular flexibility index (Phi) is 5.13. The summed E-state index contributed by atoms with van der Waals surface area (Å²) in [4.78, 5) is 0. The Balaban J connectivity index is 2.16. The largest absolute Gasteiger partial charge is 0.496 e. The van der Waals surface area contributed by atoms with Gasteiger partial charge in [0.2, 0.25) is 0 Å². The first-order chi connectivity index (χ1) is 9.10. The van der Waals surface area contributed by atoms with E-state index in [0.29, 0.717) is 11.6 Å². The molecule has 100 valence electrons. The van der Waals surface area contributed by atoms with Crippen LogP contribution in [0.5, 0.6) is 11.5 Å². The van der Waals surface area contributed by atoms with Gasteiger partial charge in [-0.2, -0.15) is 0 Å². The molecule has 0 atom stereocenters. The van der Waals surface area contributed by atoms with E-state index in [9.17, 15) is 0 Å². The third-order valence-corrected chi connectivity index (χ3v) is 3.87. The molecular formula is C14H11Br2ClO2. The van der Waals surface area contributed by atoms with Gasteiger partial charge in [0.25, 0.3) is 0 Å². The van der Waals surface area contributed by atoms with E-state index in [0.717, 1.165) is 26.0 Å². The third-order valence-electron chi connectivity index (χ3n) is 2.52. The molecule has 0 aliphatic rings. The predicted molar refractivity (Wildman–Crippen MR) is 84.2 cm³/mol. The van der Waals surface area contributed by atoms with Crippen molar-refractivity contribution < 1.29 is 9.47 Å². The van der Waals surface area contributed by atoms with Crippen LogP contribution in [-0.2, 0) is 6.61 Å². The van der Waals surface area contributed by atoms with E-state index in [2.05, 4.69) is 31.9 Å². The first-order valence-corrected chi connectivity index (χ1v) is 7.47. The van der Waals surface area contributed by atoms with Gasteiger partial charge in [-0.25, -0.2) is 0 Å². The molecular weight excluding hydrogens is 395 g/mol. The van der Waals surface area contributed by atoms with Gasteiger partial charge in [0.15, 0.2) is 0 Å². The van der Waals surface area contributed by atoms with Gasteiger partial charge >= 0.3 is 0 Å². The molecule has 5 heteroatoms. The van der Waals surface area contributed by atoms with E-state index in [-0.39, 0.29) is 0 Å². The highest BCUT2D eigenvalue weighted by molar-refractivity contribution is 9.10. The van der Waals surface area contributed by atoms with Crippen molar-refractivity contribution in [2.45, 2.75) is 6.61 Å². The van der Waals surface area contributed by atoms with E-state index < -0.39 is 0 Å². The van der Waals surface area contributed by atoms with E-state index in [1.54, 1.807) is 19.2 Å². The fraction of sp³-hybridized carbons (Fsp3) is 0.143.